The van der Waals surface area contributed by atoms with Gasteiger partial charge in [0.2, 0.25) is 5.82 Å². The van der Waals surface area contributed by atoms with Gasteiger partial charge in [-0.05, 0) is 30.0 Å². The predicted octanol–water partition coefficient (Wildman–Crippen LogP) is 4.17. The Hall–Kier alpha value is -2.71. The van der Waals surface area contributed by atoms with Gasteiger partial charge in [-0.15, -0.1) is 11.3 Å². The molecule has 0 amide bonds. The van der Waals surface area contributed by atoms with Gasteiger partial charge in [-0.3, -0.25) is 0 Å². The van der Waals surface area contributed by atoms with E-state index >= 15 is 0 Å². The fraction of sp³-hybridized carbons (Fsp3) is 0.0625. The fourth-order valence-electron chi connectivity index (χ4n) is 1.92. The van der Waals surface area contributed by atoms with E-state index < -0.39 is 0 Å². The van der Waals surface area contributed by atoms with Crippen molar-refractivity contribution in [2.24, 2.45) is 0 Å². The van der Waals surface area contributed by atoms with Crippen molar-refractivity contribution in [2.75, 3.05) is 0 Å². The van der Waals surface area contributed by atoms with Crippen LogP contribution < -0.4 is 0 Å². The number of nitrogens with zero attached hydrogens (tertiary/aromatic N) is 3. The molecule has 0 aliphatic heterocycles. The van der Waals surface area contributed by atoms with Crippen molar-refractivity contribution in [1.29, 1.82) is 5.26 Å². The summed E-state index contributed by atoms with van der Waals surface area (Å²) in [6, 6.07) is 13.8. The van der Waals surface area contributed by atoms with Crippen LogP contribution in [0.3, 0.4) is 0 Å². The van der Waals surface area contributed by atoms with Crippen LogP contribution in [-0.2, 0) is 0 Å². The average Bonchev–Trinajstić information content (AvgIpc) is 3.17. The zero-order valence-electron chi connectivity index (χ0n) is 11.3. The van der Waals surface area contributed by atoms with E-state index in [-0.39, 0.29) is 5.89 Å². The summed E-state index contributed by atoms with van der Waals surface area (Å²) in [5.74, 6) is 0.736. The molecule has 0 saturated heterocycles. The maximum atomic E-state index is 9.27. The molecule has 3 aromatic rings. The molecule has 0 fully saturated rings. The van der Waals surface area contributed by atoms with Crippen molar-refractivity contribution >= 4 is 23.0 Å². The summed E-state index contributed by atoms with van der Waals surface area (Å²) in [4.78, 5) is 5.30. The Morgan fingerprint density at radius 3 is 2.86 bits per heavy atom. The van der Waals surface area contributed by atoms with E-state index in [9.17, 15) is 5.26 Å². The van der Waals surface area contributed by atoms with E-state index in [1.807, 2.05) is 48.7 Å². The molecule has 102 valence electrons. The highest BCUT2D eigenvalue weighted by molar-refractivity contribution is 7.10. The van der Waals surface area contributed by atoms with Crippen LogP contribution in [0.1, 0.15) is 16.3 Å². The molecule has 4 nitrogen and oxygen atoms in total. The van der Waals surface area contributed by atoms with E-state index in [0.29, 0.717) is 11.4 Å². The number of allylic oxidation sites excluding steroid dienone is 1. The molecule has 0 atom stereocenters. The van der Waals surface area contributed by atoms with Gasteiger partial charge in [0.15, 0.2) is 0 Å². The number of benzene rings is 1. The molecule has 0 radical (unpaired) electrons. The summed E-state index contributed by atoms with van der Waals surface area (Å²) in [6.07, 6.45) is 1.75. The van der Waals surface area contributed by atoms with Crippen LogP contribution in [0.15, 0.2) is 46.3 Å². The molecule has 0 bridgehead atoms. The van der Waals surface area contributed by atoms with Gasteiger partial charge in [0.1, 0.15) is 11.6 Å². The third-order valence-electron chi connectivity index (χ3n) is 2.99. The minimum Gasteiger partial charge on any atom is -0.333 e. The number of thiophene rings is 1. The van der Waals surface area contributed by atoms with Gasteiger partial charge in [0.05, 0.1) is 0 Å². The predicted molar refractivity (Wildman–Crippen MR) is 82.3 cm³/mol. The Morgan fingerprint density at radius 2 is 2.14 bits per heavy atom. The Bertz CT molecular complexity index is 825. The molecule has 0 unspecified atom stereocenters. The van der Waals surface area contributed by atoms with E-state index in [1.165, 1.54) is 0 Å². The Labute approximate surface area is 126 Å². The first-order chi connectivity index (χ1) is 10.3. The summed E-state index contributed by atoms with van der Waals surface area (Å²) in [5, 5.41) is 15.2. The minimum absolute atomic E-state index is 0.240. The lowest BCUT2D eigenvalue weighted by molar-refractivity contribution is 0.409. The highest BCUT2D eigenvalue weighted by Gasteiger charge is 2.14. The number of hydrogen-bond acceptors (Lipinski definition) is 5. The van der Waals surface area contributed by atoms with Crippen molar-refractivity contribution < 1.29 is 4.52 Å². The third kappa shape index (κ3) is 2.76. The molecular formula is C16H11N3OS. The zero-order chi connectivity index (χ0) is 14.7. The SMILES string of the molecule is Cc1ccccc1-c1noc(/C(C#N)=C/c2cccs2)n1. The molecule has 0 aliphatic carbocycles. The Kier molecular flexibility index (Phi) is 3.63. The van der Waals surface area contributed by atoms with Crippen LogP contribution in [0.4, 0.5) is 0 Å². The molecular weight excluding hydrogens is 282 g/mol. The van der Waals surface area contributed by atoms with Crippen molar-refractivity contribution in [1.82, 2.24) is 10.1 Å². The van der Waals surface area contributed by atoms with Crippen LogP contribution in [0.2, 0.25) is 0 Å². The molecule has 3 rings (SSSR count). The lowest BCUT2D eigenvalue weighted by Crippen LogP contribution is -1.86. The highest BCUT2D eigenvalue weighted by Crippen LogP contribution is 2.24. The van der Waals surface area contributed by atoms with Crippen molar-refractivity contribution in [3.05, 3.63) is 58.1 Å². The first-order valence-corrected chi connectivity index (χ1v) is 7.21. The number of nitriles is 1. The average molecular weight is 293 g/mol. The molecule has 1 aromatic carbocycles. The summed E-state index contributed by atoms with van der Waals surface area (Å²) >= 11 is 1.55. The molecule has 0 N–H and O–H groups in total. The fourth-order valence-corrected chi connectivity index (χ4v) is 2.58. The molecule has 5 heteroatoms. The Morgan fingerprint density at radius 1 is 1.29 bits per heavy atom. The number of aryl methyl sites for hydroxylation is 1. The second kappa shape index (κ2) is 5.73. The maximum absolute atomic E-state index is 9.27. The van der Waals surface area contributed by atoms with Crippen molar-refractivity contribution in [3.63, 3.8) is 0 Å². The second-order valence-corrected chi connectivity index (χ2v) is 5.40. The molecule has 21 heavy (non-hydrogen) atoms. The van der Waals surface area contributed by atoms with Gasteiger partial charge in [0.25, 0.3) is 5.89 Å². The number of hydrogen-bond donors (Lipinski definition) is 0. The van der Waals surface area contributed by atoms with Crippen LogP contribution in [0.25, 0.3) is 23.0 Å². The zero-order valence-corrected chi connectivity index (χ0v) is 12.1. The van der Waals surface area contributed by atoms with Gasteiger partial charge in [0, 0.05) is 10.4 Å². The van der Waals surface area contributed by atoms with E-state index in [2.05, 4.69) is 16.2 Å². The maximum Gasteiger partial charge on any atom is 0.268 e. The van der Waals surface area contributed by atoms with Gasteiger partial charge >= 0.3 is 0 Å². The Balaban J connectivity index is 1.98. The van der Waals surface area contributed by atoms with Crippen LogP contribution in [0.5, 0.6) is 0 Å². The standard InChI is InChI=1S/C16H11N3OS/c1-11-5-2-3-7-14(11)15-18-16(20-19-15)12(10-17)9-13-6-4-8-21-13/h2-9H,1H3/b12-9+. The van der Waals surface area contributed by atoms with Crippen molar-refractivity contribution in [2.45, 2.75) is 6.92 Å². The van der Waals surface area contributed by atoms with E-state index in [4.69, 9.17) is 4.52 Å². The van der Waals surface area contributed by atoms with Crippen LogP contribution in [-0.4, -0.2) is 10.1 Å². The highest BCUT2D eigenvalue weighted by atomic mass is 32.1. The molecule has 0 saturated carbocycles. The summed E-state index contributed by atoms with van der Waals surface area (Å²) in [6.45, 7) is 1.98. The summed E-state index contributed by atoms with van der Waals surface area (Å²) in [5.41, 5.74) is 2.33. The van der Waals surface area contributed by atoms with Crippen molar-refractivity contribution in [3.8, 4) is 17.5 Å². The normalized spacial score (nSPS) is 11.3. The van der Waals surface area contributed by atoms with E-state index in [0.717, 1.165) is 16.0 Å². The van der Waals surface area contributed by atoms with Crippen LogP contribution in [0, 0.1) is 18.3 Å². The smallest absolute Gasteiger partial charge is 0.268 e. The van der Waals surface area contributed by atoms with Gasteiger partial charge in [-0.1, -0.05) is 35.5 Å². The minimum atomic E-state index is 0.240. The molecule has 0 aliphatic rings. The largest absolute Gasteiger partial charge is 0.333 e. The topological polar surface area (TPSA) is 62.7 Å². The van der Waals surface area contributed by atoms with Crippen LogP contribution >= 0.6 is 11.3 Å². The summed E-state index contributed by atoms with van der Waals surface area (Å²) < 4.78 is 5.23. The van der Waals surface area contributed by atoms with Gasteiger partial charge in [-0.25, -0.2) is 0 Å². The number of aromatic nitrogens is 2. The first kappa shape index (κ1) is 13.3. The monoisotopic (exact) mass is 293 g/mol. The molecule has 2 heterocycles. The lowest BCUT2D eigenvalue weighted by atomic mass is 10.1. The summed E-state index contributed by atoms with van der Waals surface area (Å²) in [7, 11) is 0. The first-order valence-electron chi connectivity index (χ1n) is 6.33. The number of rotatable bonds is 3. The van der Waals surface area contributed by atoms with E-state index in [1.54, 1.807) is 17.4 Å². The third-order valence-corrected chi connectivity index (χ3v) is 3.81. The van der Waals surface area contributed by atoms with Gasteiger partial charge in [-0.2, -0.15) is 10.2 Å². The van der Waals surface area contributed by atoms with Gasteiger partial charge < -0.3 is 4.52 Å². The lowest BCUT2D eigenvalue weighted by Gasteiger charge is -1.97. The second-order valence-electron chi connectivity index (χ2n) is 4.42. The molecule has 2 aromatic heterocycles. The molecule has 0 spiro atoms. The quantitative estimate of drug-likeness (QED) is 0.680.